The molecule has 1 aromatic carbocycles. The Kier molecular flexibility index (Phi) is 6.38. The first kappa shape index (κ1) is 20.3. The molecule has 1 aromatic rings. The Morgan fingerprint density at radius 2 is 1.81 bits per heavy atom. The van der Waals surface area contributed by atoms with Crippen LogP contribution in [0.4, 0.5) is 4.79 Å². The van der Waals surface area contributed by atoms with Crippen LogP contribution in [0.3, 0.4) is 0 Å². The summed E-state index contributed by atoms with van der Waals surface area (Å²) in [6.07, 6.45) is 0. The van der Waals surface area contributed by atoms with Crippen molar-refractivity contribution in [3.05, 3.63) is 29.3 Å². The van der Waals surface area contributed by atoms with E-state index >= 15 is 0 Å². The van der Waals surface area contributed by atoms with Gasteiger partial charge in [0.1, 0.15) is 0 Å². The predicted octanol–water partition coefficient (Wildman–Crippen LogP) is -0.963. The molecule has 144 valence electrons. The number of carbonyl (C=O) groups is 2. The van der Waals surface area contributed by atoms with Gasteiger partial charge in [0.25, 0.3) is 5.91 Å². The maximum absolute atomic E-state index is 12.9. The molecule has 3 N–H and O–H groups in total. The SMILES string of the molecule is CNC(=O)NC(=O)[C@H](C)[NH+]1CCN(S(=O)(=O)c2ccc(C)cc2C)CC1. The van der Waals surface area contributed by atoms with Gasteiger partial charge in [-0.25, -0.2) is 13.2 Å². The molecule has 8 nitrogen and oxygen atoms in total. The molecule has 0 radical (unpaired) electrons. The summed E-state index contributed by atoms with van der Waals surface area (Å²) in [6, 6.07) is 4.33. The number of urea groups is 1. The molecule has 0 saturated carbocycles. The van der Waals surface area contributed by atoms with Crippen LogP contribution in [0.1, 0.15) is 18.1 Å². The zero-order valence-corrected chi connectivity index (χ0v) is 16.4. The van der Waals surface area contributed by atoms with Crippen LogP contribution in [0.15, 0.2) is 23.1 Å². The van der Waals surface area contributed by atoms with E-state index < -0.39 is 22.1 Å². The zero-order chi connectivity index (χ0) is 19.5. The van der Waals surface area contributed by atoms with Crippen molar-refractivity contribution in [1.29, 1.82) is 0 Å². The maximum atomic E-state index is 12.9. The maximum Gasteiger partial charge on any atom is 0.321 e. The van der Waals surface area contributed by atoms with Gasteiger partial charge in [0, 0.05) is 7.05 Å². The first-order chi connectivity index (χ1) is 12.2. The largest absolute Gasteiger partial charge is 0.341 e. The number of aryl methyl sites for hydroxylation is 2. The average Bonchev–Trinajstić information content (AvgIpc) is 2.60. The number of carbonyl (C=O) groups excluding carboxylic acids is 2. The fraction of sp³-hybridized carbons (Fsp3) is 0.529. The molecule has 0 aliphatic carbocycles. The second-order valence-electron chi connectivity index (χ2n) is 6.62. The fourth-order valence-electron chi connectivity index (χ4n) is 3.14. The Morgan fingerprint density at radius 1 is 1.19 bits per heavy atom. The number of piperazine rings is 1. The van der Waals surface area contributed by atoms with Crippen molar-refractivity contribution < 1.29 is 22.9 Å². The van der Waals surface area contributed by atoms with Crippen LogP contribution in [0.5, 0.6) is 0 Å². The zero-order valence-electron chi connectivity index (χ0n) is 15.6. The van der Waals surface area contributed by atoms with Gasteiger partial charge >= 0.3 is 6.03 Å². The van der Waals surface area contributed by atoms with Gasteiger partial charge in [0.15, 0.2) is 6.04 Å². The average molecular weight is 383 g/mol. The number of imide groups is 1. The van der Waals surface area contributed by atoms with Crippen molar-refractivity contribution in [2.75, 3.05) is 33.2 Å². The van der Waals surface area contributed by atoms with Crippen LogP contribution in [-0.4, -0.2) is 63.9 Å². The molecule has 3 amide bonds. The third-order valence-corrected chi connectivity index (χ3v) is 6.84. The van der Waals surface area contributed by atoms with E-state index in [0.29, 0.717) is 31.1 Å². The van der Waals surface area contributed by atoms with E-state index in [1.54, 1.807) is 26.0 Å². The number of rotatable bonds is 4. The highest BCUT2D eigenvalue weighted by Crippen LogP contribution is 2.20. The number of benzene rings is 1. The number of amides is 3. The predicted molar refractivity (Wildman–Crippen MR) is 97.4 cm³/mol. The number of nitrogens with one attached hydrogen (secondary N) is 3. The first-order valence-corrected chi connectivity index (χ1v) is 10.1. The normalized spacial score (nSPS) is 17.5. The van der Waals surface area contributed by atoms with Crippen molar-refractivity contribution in [3.63, 3.8) is 0 Å². The van der Waals surface area contributed by atoms with Crippen LogP contribution in [0.25, 0.3) is 0 Å². The lowest BCUT2D eigenvalue weighted by Crippen LogP contribution is -3.19. The van der Waals surface area contributed by atoms with Crippen molar-refractivity contribution >= 4 is 22.0 Å². The summed E-state index contributed by atoms with van der Waals surface area (Å²) in [5, 5.41) is 4.61. The minimum Gasteiger partial charge on any atom is -0.341 e. The number of quaternary nitrogens is 1. The molecule has 0 unspecified atom stereocenters. The topological polar surface area (TPSA) is 100 Å². The van der Waals surface area contributed by atoms with E-state index in [-0.39, 0.29) is 5.91 Å². The second-order valence-corrected chi connectivity index (χ2v) is 8.53. The minimum absolute atomic E-state index is 0.331. The van der Waals surface area contributed by atoms with Gasteiger partial charge in [0.2, 0.25) is 10.0 Å². The van der Waals surface area contributed by atoms with Crippen LogP contribution in [-0.2, 0) is 14.8 Å². The van der Waals surface area contributed by atoms with E-state index in [4.69, 9.17) is 0 Å². The van der Waals surface area contributed by atoms with Crippen LogP contribution in [0.2, 0.25) is 0 Å². The monoisotopic (exact) mass is 383 g/mol. The molecule has 26 heavy (non-hydrogen) atoms. The molecule has 1 atom stereocenters. The highest BCUT2D eigenvalue weighted by molar-refractivity contribution is 7.89. The molecule has 1 saturated heterocycles. The highest BCUT2D eigenvalue weighted by atomic mass is 32.2. The number of nitrogens with zero attached hydrogens (tertiary/aromatic N) is 1. The highest BCUT2D eigenvalue weighted by Gasteiger charge is 2.35. The second kappa shape index (κ2) is 8.15. The van der Waals surface area contributed by atoms with Gasteiger partial charge in [-0.15, -0.1) is 0 Å². The van der Waals surface area contributed by atoms with Gasteiger partial charge < -0.3 is 10.2 Å². The Morgan fingerprint density at radius 3 is 2.35 bits per heavy atom. The van der Waals surface area contributed by atoms with Crippen molar-refractivity contribution in [1.82, 2.24) is 14.9 Å². The molecule has 1 fully saturated rings. The van der Waals surface area contributed by atoms with Gasteiger partial charge in [-0.2, -0.15) is 4.31 Å². The van der Waals surface area contributed by atoms with Crippen LogP contribution >= 0.6 is 0 Å². The number of hydrogen-bond acceptors (Lipinski definition) is 4. The van der Waals surface area contributed by atoms with Crippen molar-refractivity contribution in [2.45, 2.75) is 31.7 Å². The van der Waals surface area contributed by atoms with E-state index in [1.807, 2.05) is 13.0 Å². The quantitative estimate of drug-likeness (QED) is 0.623. The molecule has 2 rings (SSSR count). The van der Waals surface area contributed by atoms with Gasteiger partial charge in [-0.05, 0) is 32.4 Å². The lowest BCUT2D eigenvalue weighted by atomic mass is 10.2. The van der Waals surface area contributed by atoms with Crippen molar-refractivity contribution in [2.24, 2.45) is 0 Å². The molecule has 0 bridgehead atoms. The van der Waals surface area contributed by atoms with E-state index in [2.05, 4.69) is 10.6 Å². The number of sulfonamides is 1. The summed E-state index contributed by atoms with van der Waals surface area (Å²) < 4.78 is 27.3. The summed E-state index contributed by atoms with van der Waals surface area (Å²) >= 11 is 0. The molecule has 0 aromatic heterocycles. The first-order valence-electron chi connectivity index (χ1n) is 8.61. The Balaban J connectivity index is 2.03. The third kappa shape index (κ3) is 4.40. The number of hydrogen-bond donors (Lipinski definition) is 3. The summed E-state index contributed by atoms with van der Waals surface area (Å²) in [7, 11) is -2.11. The Bertz CT molecular complexity index is 786. The van der Waals surface area contributed by atoms with Crippen LogP contribution < -0.4 is 15.5 Å². The van der Waals surface area contributed by atoms with Crippen molar-refractivity contribution in [3.8, 4) is 0 Å². The van der Waals surface area contributed by atoms with Gasteiger partial charge in [0.05, 0.1) is 31.1 Å². The van der Waals surface area contributed by atoms with E-state index in [9.17, 15) is 18.0 Å². The van der Waals surface area contributed by atoms with Crippen LogP contribution in [0, 0.1) is 13.8 Å². The van der Waals surface area contributed by atoms with E-state index in [1.165, 1.54) is 11.4 Å². The molecule has 0 spiro atoms. The standard InChI is InChI=1S/C17H26N4O4S/c1-12-5-6-15(13(2)11-12)26(24,25)21-9-7-20(8-10-21)14(3)16(22)19-17(23)18-4/h5-6,11,14H,7-10H2,1-4H3,(H2,18,19,22,23)/p+1/t14-/m0/s1. The Labute approximate surface area is 154 Å². The summed E-state index contributed by atoms with van der Waals surface area (Å²) in [5.41, 5.74) is 1.75. The molecule has 1 aliphatic heterocycles. The molecular weight excluding hydrogens is 356 g/mol. The summed E-state index contributed by atoms with van der Waals surface area (Å²) in [4.78, 5) is 24.6. The van der Waals surface area contributed by atoms with E-state index in [0.717, 1.165) is 16.0 Å². The molecular formula is C17H27N4O4S+. The van der Waals surface area contributed by atoms with Gasteiger partial charge in [-0.1, -0.05) is 17.7 Å². The fourth-order valence-corrected chi connectivity index (χ4v) is 4.79. The molecule has 1 aliphatic rings. The third-order valence-electron chi connectivity index (χ3n) is 4.78. The lowest BCUT2D eigenvalue weighted by molar-refractivity contribution is -0.917. The molecule has 9 heteroatoms. The summed E-state index contributed by atoms with van der Waals surface area (Å²) in [5.74, 6) is -0.370. The molecule has 1 heterocycles. The Hall–Kier alpha value is -1.97. The minimum atomic E-state index is -3.55. The summed E-state index contributed by atoms with van der Waals surface area (Å²) in [6.45, 7) is 7.15. The lowest BCUT2D eigenvalue weighted by Gasteiger charge is -2.34. The van der Waals surface area contributed by atoms with Gasteiger partial charge in [-0.3, -0.25) is 10.1 Å². The smallest absolute Gasteiger partial charge is 0.321 e.